The van der Waals surface area contributed by atoms with Gasteiger partial charge < -0.3 is 20.7 Å². The van der Waals surface area contributed by atoms with Crippen LogP contribution in [0.4, 0.5) is 10.9 Å². The molecule has 0 bridgehead atoms. The maximum atomic E-state index is 12.4. The molecule has 3 N–H and O–H groups in total. The molecular weight excluding hydrogens is 276 g/mol. The minimum Gasteiger partial charge on any atom is -0.383 e. The highest BCUT2D eigenvalue weighted by Gasteiger charge is 2.21. The first-order valence-corrected chi connectivity index (χ1v) is 7.24. The van der Waals surface area contributed by atoms with Gasteiger partial charge in [-0.3, -0.25) is 4.79 Å². The Labute approximate surface area is 123 Å². The van der Waals surface area contributed by atoms with Crippen LogP contribution in [0, 0.1) is 0 Å². The second-order valence-electron chi connectivity index (χ2n) is 4.43. The van der Waals surface area contributed by atoms with Gasteiger partial charge in [-0.2, -0.15) is 0 Å². The number of carbonyl (C=O) groups excluding carboxylic acids is 1. The summed E-state index contributed by atoms with van der Waals surface area (Å²) in [5.41, 5.74) is 6.76. The molecule has 1 heterocycles. The van der Waals surface area contributed by atoms with Gasteiger partial charge in [0.25, 0.3) is 5.91 Å². The number of rotatable bonds is 8. The van der Waals surface area contributed by atoms with Crippen LogP contribution < -0.4 is 11.1 Å². The Morgan fingerprint density at radius 1 is 1.60 bits per heavy atom. The van der Waals surface area contributed by atoms with E-state index in [9.17, 15) is 4.79 Å². The Morgan fingerprint density at radius 3 is 2.85 bits per heavy atom. The van der Waals surface area contributed by atoms with E-state index in [4.69, 9.17) is 10.5 Å². The summed E-state index contributed by atoms with van der Waals surface area (Å²) in [7, 11) is 1.63. The molecule has 112 valence electrons. The van der Waals surface area contributed by atoms with E-state index in [1.54, 1.807) is 12.0 Å². The highest BCUT2D eigenvalue weighted by Crippen LogP contribution is 2.26. The number of likely N-dealkylation sites (N-methyl/N-ethyl adjacent to an activating group) is 1. The standard InChI is InChI=1S/C13H22N4O2S/c1-5-17(8-9(2)3)12(18)10-11(14)16-13(20-10)15-6-7-19-4/h2,5-8,14H2,1,3-4H3,(H,15,16). The zero-order chi connectivity index (χ0) is 15.1. The molecule has 1 aromatic rings. The lowest BCUT2D eigenvalue weighted by atomic mass is 10.3. The molecule has 0 radical (unpaired) electrons. The third kappa shape index (κ3) is 4.50. The lowest BCUT2D eigenvalue weighted by molar-refractivity contribution is 0.0784. The first-order chi connectivity index (χ1) is 9.49. The SMILES string of the molecule is C=C(C)CN(CC)C(=O)c1sc(NCCOC)nc1N. The monoisotopic (exact) mass is 298 g/mol. The minimum atomic E-state index is -0.106. The van der Waals surface area contributed by atoms with E-state index in [0.29, 0.717) is 36.2 Å². The van der Waals surface area contributed by atoms with Crippen LogP contribution in [0.25, 0.3) is 0 Å². The van der Waals surface area contributed by atoms with Crippen molar-refractivity contribution in [1.82, 2.24) is 9.88 Å². The average Bonchev–Trinajstić information content (AvgIpc) is 2.76. The van der Waals surface area contributed by atoms with E-state index in [0.717, 1.165) is 5.57 Å². The molecule has 1 rings (SSSR count). The number of hydrogen-bond acceptors (Lipinski definition) is 6. The Kier molecular flexibility index (Phi) is 6.47. The summed E-state index contributed by atoms with van der Waals surface area (Å²) in [4.78, 5) is 18.7. The van der Waals surface area contributed by atoms with Crippen LogP contribution in [-0.4, -0.2) is 49.1 Å². The zero-order valence-electron chi connectivity index (χ0n) is 12.2. The number of nitrogens with two attached hydrogens (primary N) is 1. The summed E-state index contributed by atoms with van der Waals surface area (Å²) in [6, 6.07) is 0. The normalized spacial score (nSPS) is 10.3. The van der Waals surface area contributed by atoms with E-state index in [1.165, 1.54) is 11.3 Å². The predicted octanol–water partition coefficient (Wildman–Crippen LogP) is 1.82. The first-order valence-electron chi connectivity index (χ1n) is 6.42. The molecule has 6 nitrogen and oxygen atoms in total. The van der Waals surface area contributed by atoms with Crippen molar-refractivity contribution < 1.29 is 9.53 Å². The number of thiazole rings is 1. The van der Waals surface area contributed by atoms with E-state index in [2.05, 4.69) is 16.9 Å². The highest BCUT2D eigenvalue weighted by molar-refractivity contribution is 7.18. The van der Waals surface area contributed by atoms with Gasteiger partial charge in [-0.15, -0.1) is 0 Å². The number of carbonyl (C=O) groups is 1. The number of hydrogen-bond donors (Lipinski definition) is 2. The van der Waals surface area contributed by atoms with Gasteiger partial charge in [0, 0.05) is 26.7 Å². The maximum absolute atomic E-state index is 12.4. The van der Waals surface area contributed by atoms with Crippen molar-refractivity contribution >= 4 is 28.2 Å². The van der Waals surface area contributed by atoms with Gasteiger partial charge in [0.05, 0.1) is 6.61 Å². The number of nitrogens with zero attached hydrogens (tertiary/aromatic N) is 2. The zero-order valence-corrected chi connectivity index (χ0v) is 13.0. The summed E-state index contributed by atoms with van der Waals surface area (Å²) >= 11 is 1.27. The molecule has 20 heavy (non-hydrogen) atoms. The Balaban J connectivity index is 2.78. The molecule has 0 saturated heterocycles. The van der Waals surface area contributed by atoms with Gasteiger partial charge in [-0.25, -0.2) is 4.98 Å². The number of methoxy groups -OCH3 is 1. The number of nitrogen functional groups attached to an aromatic ring is 1. The first kappa shape index (κ1) is 16.5. The number of aromatic nitrogens is 1. The molecule has 0 aromatic carbocycles. The van der Waals surface area contributed by atoms with Gasteiger partial charge in [-0.1, -0.05) is 23.5 Å². The Bertz CT molecular complexity index is 473. The van der Waals surface area contributed by atoms with Gasteiger partial charge in [0.2, 0.25) is 0 Å². The van der Waals surface area contributed by atoms with Crippen molar-refractivity contribution in [2.45, 2.75) is 13.8 Å². The highest BCUT2D eigenvalue weighted by atomic mass is 32.1. The molecule has 1 amide bonds. The number of anilines is 2. The van der Waals surface area contributed by atoms with E-state index in [1.807, 2.05) is 13.8 Å². The summed E-state index contributed by atoms with van der Waals surface area (Å²) in [6.07, 6.45) is 0. The summed E-state index contributed by atoms with van der Waals surface area (Å²) in [5.74, 6) is 0.158. The molecule has 7 heteroatoms. The molecule has 0 saturated carbocycles. The predicted molar refractivity (Wildman–Crippen MR) is 83.3 cm³/mol. The fourth-order valence-corrected chi connectivity index (χ4v) is 2.50. The van der Waals surface area contributed by atoms with Crippen LogP contribution in [-0.2, 0) is 4.74 Å². The van der Waals surface area contributed by atoms with E-state index >= 15 is 0 Å². The molecule has 0 aliphatic carbocycles. The number of nitrogens with one attached hydrogen (secondary N) is 1. The largest absolute Gasteiger partial charge is 0.383 e. The summed E-state index contributed by atoms with van der Waals surface area (Å²) < 4.78 is 4.95. The van der Waals surface area contributed by atoms with Gasteiger partial charge >= 0.3 is 0 Å². The van der Waals surface area contributed by atoms with Crippen molar-refractivity contribution in [3.05, 3.63) is 17.0 Å². The second kappa shape index (κ2) is 7.86. The third-order valence-electron chi connectivity index (χ3n) is 2.56. The molecule has 0 atom stereocenters. The second-order valence-corrected chi connectivity index (χ2v) is 5.43. The minimum absolute atomic E-state index is 0.106. The fourth-order valence-electron chi connectivity index (χ4n) is 1.62. The Morgan fingerprint density at radius 2 is 2.30 bits per heavy atom. The maximum Gasteiger partial charge on any atom is 0.268 e. The van der Waals surface area contributed by atoms with E-state index in [-0.39, 0.29) is 11.7 Å². The lowest BCUT2D eigenvalue weighted by Crippen LogP contribution is -2.32. The topological polar surface area (TPSA) is 80.5 Å². The van der Waals surface area contributed by atoms with Crippen molar-refractivity contribution in [2.75, 3.05) is 44.4 Å². The molecular formula is C13H22N4O2S. The quantitative estimate of drug-likeness (QED) is 0.565. The summed E-state index contributed by atoms with van der Waals surface area (Å²) in [6.45, 7) is 9.98. The van der Waals surface area contributed by atoms with Crippen LogP contribution in [0.15, 0.2) is 12.2 Å². The van der Waals surface area contributed by atoms with Crippen molar-refractivity contribution in [3.8, 4) is 0 Å². The van der Waals surface area contributed by atoms with Crippen LogP contribution in [0.2, 0.25) is 0 Å². The number of amides is 1. The van der Waals surface area contributed by atoms with Crippen LogP contribution in [0.5, 0.6) is 0 Å². The van der Waals surface area contributed by atoms with Gasteiger partial charge in [0.1, 0.15) is 10.7 Å². The number of ether oxygens (including phenoxy) is 1. The third-order valence-corrected chi connectivity index (χ3v) is 3.58. The van der Waals surface area contributed by atoms with Crippen LogP contribution >= 0.6 is 11.3 Å². The lowest BCUT2D eigenvalue weighted by Gasteiger charge is -2.20. The molecule has 0 aliphatic rings. The van der Waals surface area contributed by atoms with Crippen molar-refractivity contribution in [2.24, 2.45) is 0 Å². The molecule has 0 fully saturated rings. The molecule has 1 aromatic heterocycles. The molecule has 0 unspecified atom stereocenters. The fraction of sp³-hybridized carbons (Fsp3) is 0.538. The van der Waals surface area contributed by atoms with Crippen LogP contribution in [0.1, 0.15) is 23.5 Å². The van der Waals surface area contributed by atoms with E-state index < -0.39 is 0 Å². The molecule has 0 aliphatic heterocycles. The van der Waals surface area contributed by atoms with Crippen molar-refractivity contribution in [3.63, 3.8) is 0 Å². The Hall–Kier alpha value is -1.60. The summed E-state index contributed by atoms with van der Waals surface area (Å²) in [5, 5.41) is 3.71. The van der Waals surface area contributed by atoms with Gasteiger partial charge in [0.15, 0.2) is 5.13 Å². The molecule has 0 spiro atoms. The average molecular weight is 298 g/mol. The van der Waals surface area contributed by atoms with Crippen LogP contribution in [0.3, 0.4) is 0 Å². The smallest absolute Gasteiger partial charge is 0.268 e. The van der Waals surface area contributed by atoms with Gasteiger partial charge in [-0.05, 0) is 13.8 Å². The van der Waals surface area contributed by atoms with Crippen molar-refractivity contribution in [1.29, 1.82) is 0 Å².